The fourth-order valence-corrected chi connectivity index (χ4v) is 3.05. The van der Waals surface area contributed by atoms with E-state index in [1.807, 2.05) is 38.1 Å². The Hall–Kier alpha value is -2.02. The van der Waals surface area contributed by atoms with Gasteiger partial charge in [0.15, 0.2) is 5.16 Å². The topological polar surface area (TPSA) is 79.8 Å². The summed E-state index contributed by atoms with van der Waals surface area (Å²) in [6.07, 6.45) is 1.99. The van der Waals surface area contributed by atoms with Crippen molar-refractivity contribution >= 4 is 23.4 Å². The summed E-state index contributed by atoms with van der Waals surface area (Å²) in [5.74, 6) is -0.105. The van der Waals surface area contributed by atoms with Gasteiger partial charge in [-0.05, 0) is 38.8 Å². The first-order chi connectivity index (χ1) is 10.5. The third kappa shape index (κ3) is 3.24. The first-order valence-corrected chi connectivity index (χ1v) is 8.13. The number of hydrogen-bond acceptors (Lipinski definition) is 4. The molecule has 1 heterocycles. The van der Waals surface area contributed by atoms with Gasteiger partial charge in [-0.25, -0.2) is 9.89 Å². The molecule has 2 N–H and O–H groups in total. The van der Waals surface area contributed by atoms with Gasteiger partial charge in [-0.1, -0.05) is 29.5 Å². The minimum absolute atomic E-state index is 0.105. The summed E-state index contributed by atoms with van der Waals surface area (Å²) >= 11 is 1.30. The number of carbonyl (C=O) groups is 1. The lowest BCUT2D eigenvalue weighted by molar-refractivity contribution is -0.115. The number of carbonyl (C=O) groups excluding carboxylic acids is 1. The minimum Gasteiger partial charge on any atom is -0.325 e. The van der Waals surface area contributed by atoms with Gasteiger partial charge in [0.05, 0.1) is 5.25 Å². The summed E-state index contributed by atoms with van der Waals surface area (Å²) in [5.41, 5.74) is 1.71. The van der Waals surface area contributed by atoms with Crippen LogP contribution in [-0.2, 0) is 4.79 Å². The van der Waals surface area contributed by atoms with Gasteiger partial charge in [0, 0.05) is 11.7 Å². The fraction of sp³-hybridized carbons (Fsp3) is 0.400. The highest BCUT2D eigenvalue weighted by Crippen LogP contribution is 2.36. The van der Waals surface area contributed by atoms with Crippen molar-refractivity contribution in [2.75, 3.05) is 5.32 Å². The van der Waals surface area contributed by atoms with Gasteiger partial charge in [0.2, 0.25) is 5.91 Å². The highest BCUT2D eigenvalue weighted by atomic mass is 32.2. The summed E-state index contributed by atoms with van der Waals surface area (Å²) < 4.78 is 1.65. The average Bonchev–Trinajstić information content (AvgIpc) is 3.26. The number of nitrogens with one attached hydrogen (secondary N) is 2. The van der Waals surface area contributed by atoms with Crippen molar-refractivity contribution < 1.29 is 4.79 Å². The van der Waals surface area contributed by atoms with Crippen molar-refractivity contribution in [3.63, 3.8) is 0 Å². The molecule has 0 spiro atoms. The molecule has 7 heteroatoms. The molecule has 1 saturated carbocycles. The Morgan fingerprint density at radius 2 is 2.09 bits per heavy atom. The summed E-state index contributed by atoms with van der Waals surface area (Å²) in [4.78, 5) is 24.0. The van der Waals surface area contributed by atoms with E-state index in [-0.39, 0.29) is 22.9 Å². The molecule has 1 aliphatic rings. The molecule has 0 radical (unpaired) electrons. The Balaban J connectivity index is 1.66. The Morgan fingerprint density at radius 3 is 2.73 bits per heavy atom. The Labute approximate surface area is 132 Å². The Kier molecular flexibility index (Phi) is 4.06. The first-order valence-electron chi connectivity index (χ1n) is 7.25. The third-order valence-electron chi connectivity index (χ3n) is 3.55. The van der Waals surface area contributed by atoms with Crippen LogP contribution in [-0.4, -0.2) is 25.9 Å². The number of H-pyrrole nitrogens is 1. The number of amides is 1. The summed E-state index contributed by atoms with van der Waals surface area (Å²) in [5, 5.41) is 9.61. The molecular weight excluding hydrogens is 300 g/mol. The van der Waals surface area contributed by atoms with Gasteiger partial charge >= 0.3 is 5.69 Å². The second-order valence-electron chi connectivity index (χ2n) is 5.53. The van der Waals surface area contributed by atoms with E-state index in [1.165, 1.54) is 11.8 Å². The van der Waals surface area contributed by atoms with Crippen molar-refractivity contribution in [3.8, 4) is 0 Å². The van der Waals surface area contributed by atoms with Crippen LogP contribution in [0, 0.1) is 6.92 Å². The van der Waals surface area contributed by atoms with Crippen LogP contribution in [0.2, 0.25) is 0 Å². The Morgan fingerprint density at radius 1 is 1.41 bits per heavy atom. The van der Waals surface area contributed by atoms with Gasteiger partial charge < -0.3 is 5.32 Å². The number of thioether (sulfide) groups is 1. The molecule has 1 aromatic carbocycles. The Bertz CT molecular complexity index is 731. The largest absolute Gasteiger partial charge is 0.344 e. The van der Waals surface area contributed by atoms with Crippen LogP contribution in [0.5, 0.6) is 0 Å². The number of benzene rings is 1. The molecule has 3 rings (SSSR count). The summed E-state index contributed by atoms with van der Waals surface area (Å²) in [7, 11) is 0. The molecule has 0 saturated heterocycles. The van der Waals surface area contributed by atoms with E-state index in [2.05, 4.69) is 15.5 Å². The van der Waals surface area contributed by atoms with Crippen molar-refractivity contribution in [2.45, 2.75) is 43.1 Å². The van der Waals surface area contributed by atoms with Crippen LogP contribution in [0.1, 0.15) is 31.4 Å². The predicted octanol–water partition coefficient (Wildman–Crippen LogP) is 2.33. The number of rotatable bonds is 5. The van der Waals surface area contributed by atoms with Crippen molar-refractivity contribution in [1.29, 1.82) is 0 Å². The molecular formula is C15H18N4O2S. The molecule has 1 aliphatic carbocycles. The van der Waals surface area contributed by atoms with Crippen LogP contribution >= 0.6 is 11.8 Å². The van der Waals surface area contributed by atoms with Crippen LogP contribution in [0.3, 0.4) is 0 Å². The van der Waals surface area contributed by atoms with Crippen LogP contribution in [0.4, 0.5) is 5.69 Å². The standard InChI is InChI=1S/C15H18N4O2S/c1-9-3-5-11(6-4-9)16-13(20)10(2)22-15-18-17-14(21)19(15)12-7-8-12/h3-6,10,12H,7-8H2,1-2H3,(H,16,20)(H,17,21)/t10-/m0/s1. The van der Waals surface area contributed by atoms with E-state index in [9.17, 15) is 9.59 Å². The smallest absolute Gasteiger partial charge is 0.325 e. The lowest BCUT2D eigenvalue weighted by Crippen LogP contribution is -2.23. The highest BCUT2D eigenvalue weighted by Gasteiger charge is 2.30. The third-order valence-corrected chi connectivity index (χ3v) is 4.62. The quantitative estimate of drug-likeness (QED) is 0.829. The molecule has 1 aromatic heterocycles. The van der Waals surface area contributed by atoms with Crippen molar-refractivity contribution in [3.05, 3.63) is 40.3 Å². The van der Waals surface area contributed by atoms with E-state index < -0.39 is 0 Å². The minimum atomic E-state index is -0.339. The van der Waals surface area contributed by atoms with Gasteiger partial charge in [-0.3, -0.25) is 9.36 Å². The highest BCUT2D eigenvalue weighted by molar-refractivity contribution is 8.00. The van der Waals surface area contributed by atoms with Crippen LogP contribution in [0.25, 0.3) is 0 Å². The zero-order valence-corrected chi connectivity index (χ0v) is 13.3. The lowest BCUT2D eigenvalue weighted by atomic mass is 10.2. The number of aromatic amines is 1. The molecule has 1 amide bonds. The normalized spacial score (nSPS) is 15.5. The maximum atomic E-state index is 12.2. The number of aryl methyl sites for hydroxylation is 1. The molecule has 1 atom stereocenters. The van der Waals surface area contributed by atoms with E-state index in [1.54, 1.807) is 4.57 Å². The summed E-state index contributed by atoms with van der Waals surface area (Å²) in [6.45, 7) is 3.81. The molecule has 0 bridgehead atoms. The first kappa shape index (κ1) is 14.9. The zero-order chi connectivity index (χ0) is 15.7. The average molecular weight is 318 g/mol. The predicted molar refractivity (Wildman–Crippen MR) is 86.2 cm³/mol. The van der Waals surface area contributed by atoms with E-state index in [0.717, 1.165) is 24.1 Å². The molecule has 116 valence electrons. The van der Waals surface area contributed by atoms with E-state index in [4.69, 9.17) is 0 Å². The van der Waals surface area contributed by atoms with Crippen LogP contribution < -0.4 is 11.0 Å². The number of hydrogen-bond donors (Lipinski definition) is 2. The molecule has 2 aromatic rings. The van der Waals surface area contributed by atoms with Crippen molar-refractivity contribution in [2.24, 2.45) is 0 Å². The maximum absolute atomic E-state index is 12.2. The van der Waals surface area contributed by atoms with Crippen molar-refractivity contribution in [1.82, 2.24) is 14.8 Å². The molecule has 1 fully saturated rings. The molecule has 0 unspecified atom stereocenters. The maximum Gasteiger partial charge on any atom is 0.344 e. The van der Waals surface area contributed by atoms with Crippen LogP contribution in [0.15, 0.2) is 34.2 Å². The zero-order valence-electron chi connectivity index (χ0n) is 12.5. The monoisotopic (exact) mass is 318 g/mol. The SMILES string of the molecule is Cc1ccc(NC(=O)[C@H](C)Sc2n[nH]c(=O)n2C2CC2)cc1. The summed E-state index contributed by atoms with van der Waals surface area (Å²) in [6, 6.07) is 7.89. The lowest BCUT2D eigenvalue weighted by Gasteiger charge is -2.12. The van der Waals surface area contributed by atoms with Gasteiger partial charge in [0.1, 0.15) is 0 Å². The number of aromatic nitrogens is 3. The number of anilines is 1. The van der Waals surface area contributed by atoms with Gasteiger partial charge in [-0.15, -0.1) is 5.10 Å². The van der Waals surface area contributed by atoms with E-state index >= 15 is 0 Å². The van der Waals surface area contributed by atoms with E-state index in [0.29, 0.717) is 5.16 Å². The molecule has 0 aliphatic heterocycles. The second-order valence-corrected chi connectivity index (χ2v) is 6.84. The molecule has 22 heavy (non-hydrogen) atoms. The van der Waals surface area contributed by atoms with Gasteiger partial charge in [0.25, 0.3) is 0 Å². The second kappa shape index (κ2) is 6.00. The number of nitrogens with zero attached hydrogens (tertiary/aromatic N) is 2. The fourth-order valence-electron chi connectivity index (χ4n) is 2.12. The molecule has 6 nitrogen and oxygen atoms in total. The van der Waals surface area contributed by atoms with Gasteiger partial charge in [-0.2, -0.15) is 0 Å².